The van der Waals surface area contributed by atoms with Crippen molar-refractivity contribution in [1.29, 1.82) is 0 Å². The highest BCUT2D eigenvalue weighted by Crippen LogP contribution is 2.32. The lowest BCUT2D eigenvalue weighted by molar-refractivity contribution is -0.383. The highest BCUT2D eigenvalue weighted by Gasteiger charge is 2.27. The van der Waals surface area contributed by atoms with Gasteiger partial charge in [-0.15, -0.1) is 0 Å². The Morgan fingerprint density at radius 1 is 1.33 bits per heavy atom. The fraction of sp³-hybridized carbons (Fsp3) is 0.333. The van der Waals surface area contributed by atoms with Crippen molar-refractivity contribution in [3.63, 3.8) is 0 Å². The van der Waals surface area contributed by atoms with Gasteiger partial charge in [-0.1, -0.05) is 12.1 Å². The lowest BCUT2D eigenvalue weighted by Gasteiger charge is -2.27. The molecular formula is C15H16FN5O3. The topological polar surface area (TPSA) is 93.4 Å². The van der Waals surface area contributed by atoms with Crippen molar-refractivity contribution < 1.29 is 14.1 Å². The van der Waals surface area contributed by atoms with Crippen molar-refractivity contribution in [3.05, 3.63) is 52.1 Å². The molecule has 126 valence electrons. The molecule has 1 aliphatic heterocycles. The fourth-order valence-corrected chi connectivity index (χ4v) is 2.51. The lowest BCUT2D eigenvalue weighted by Crippen LogP contribution is -2.37. The van der Waals surface area contributed by atoms with E-state index in [9.17, 15) is 14.5 Å². The van der Waals surface area contributed by atoms with Crippen LogP contribution in [0.3, 0.4) is 0 Å². The molecule has 3 rings (SSSR count). The SMILES string of the molecule is O=[N+]([O-])c1c(NCc2cccc(F)c2)ncnc1N1CCOCC1. The minimum absolute atomic E-state index is 0.112. The van der Waals surface area contributed by atoms with Crippen LogP contribution in [0.4, 0.5) is 21.7 Å². The second kappa shape index (κ2) is 7.18. The summed E-state index contributed by atoms with van der Waals surface area (Å²) < 4.78 is 18.5. The monoisotopic (exact) mass is 333 g/mol. The van der Waals surface area contributed by atoms with E-state index in [-0.39, 0.29) is 29.7 Å². The average Bonchev–Trinajstić information content (AvgIpc) is 2.60. The molecule has 1 fully saturated rings. The van der Waals surface area contributed by atoms with Gasteiger partial charge in [-0.25, -0.2) is 14.4 Å². The van der Waals surface area contributed by atoms with E-state index in [1.807, 2.05) is 0 Å². The number of benzene rings is 1. The number of morpholine rings is 1. The van der Waals surface area contributed by atoms with Crippen LogP contribution in [0.1, 0.15) is 5.56 Å². The molecule has 0 unspecified atom stereocenters. The highest BCUT2D eigenvalue weighted by atomic mass is 19.1. The van der Waals surface area contributed by atoms with E-state index in [2.05, 4.69) is 15.3 Å². The van der Waals surface area contributed by atoms with Crippen LogP contribution in [-0.2, 0) is 11.3 Å². The molecule has 2 heterocycles. The van der Waals surface area contributed by atoms with Gasteiger partial charge < -0.3 is 15.0 Å². The number of hydrogen-bond acceptors (Lipinski definition) is 7. The Kier molecular flexibility index (Phi) is 4.80. The van der Waals surface area contributed by atoms with Crippen molar-refractivity contribution in [1.82, 2.24) is 9.97 Å². The zero-order valence-electron chi connectivity index (χ0n) is 12.8. The maximum atomic E-state index is 13.2. The summed E-state index contributed by atoms with van der Waals surface area (Å²) in [6.07, 6.45) is 1.28. The number of hydrogen-bond donors (Lipinski definition) is 1. The number of ether oxygens (including phenoxy) is 1. The van der Waals surface area contributed by atoms with Crippen molar-refractivity contribution in [3.8, 4) is 0 Å². The largest absolute Gasteiger partial charge is 0.378 e. The highest BCUT2D eigenvalue weighted by molar-refractivity contribution is 5.70. The van der Waals surface area contributed by atoms with Gasteiger partial charge in [0.1, 0.15) is 12.1 Å². The summed E-state index contributed by atoms with van der Waals surface area (Å²) in [5.41, 5.74) is 0.478. The number of nitro groups is 1. The molecule has 0 bridgehead atoms. The van der Waals surface area contributed by atoms with Crippen LogP contribution in [0.25, 0.3) is 0 Å². The fourth-order valence-electron chi connectivity index (χ4n) is 2.51. The molecule has 0 aliphatic carbocycles. The van der Waals surface area contributed by atoms with Crippen LogP contribution < -0.4 is 10.2 Å². The number of nitrogens with one attached hydrogen (secondary N) is 1. The summed E-state index contributed by atoms with van der Waals surface area (Å²) >= 11 is 0. The first-order valence-electron chi connectivity index (χ1n) is 7.45. The van der Waals surface area contributed by atoms with Gasteiger partial charge in [0, 0.05) is 19.6 Å². The van der Waals surface area contributed by atoms with E-state index >= 15 is 0 Å². The maximum absolute atomic E-state index is 13.2. The van der Waals surface area contributed by atoms with E-state index in [1.165, 1.54) is 18.5 Å². The Morgan fingerprint density at radius 3 is 2.83 bits per heavy atom. The number of anilines is 2. The summed E-state index contributed by atoms with van der Waals surface area (Å²) in [5, 5.41) is 14.4. The third kappa shape index (κ3) is 3.57. The van der Waals surface area contributed by atoms with Gasteiger partial charge in [-0.05, 0) is 17.7 Å². The van der Waals surface area contributed by atoms with Crippen molar-refractivity contribution in [2.45, 2.75) is 6.54 Å². The van der Waals surface area contributed by atoms with E-state index in [4.69, 9.17) is 4.74 Å². The summed E-state index contributed by atoms with van der Waals surface area (Å²) in [5.74, 6) is 0.0151. The minimum atomic E-state index is -0.501. The Bertz CT molecular complexity index is 737. The van der Waals surface area contributed by atoms with Gasteiger partial charge in [0.15, 0.2) is 0 Å². The summed E-state index contributed by atoms with van der Waals surface area (Å²) in [4.78, 5) is 20.9. The van der Waals surface area contributed by atoms with Gasteiger partial charge in [0.05, 0.1) is 18.1 Å². The molecule has 1 aromatic carbocycles. The van der Waals surface area contributed by atoms with Crippen LogP contribution in [0, 0.1) is 15.9 Å². The van der Waals surface area contributed by atoms with Crippen LogP contribution in [0.5, 0.6) is 0 Å². The normalized spacial score (nSPS) is 14.5. The van der Waals surface area contributed by atoms with Crippen LogP contribution in [-0.4, -0.2) is 41.2 Å². The molecule has 2 aromatic rings. The van der Waals surface area contributed by atoms with E-state index in [0.717, 1.165) is 0 Å². The number of aromatic nitrogens is 2. The Hall–Kier alpha value is -2.81. The molecule has 1 N–H and O–H groups in total. The van der Waals surface area contributed by atoms with Gasteiger partial charge in [0.2, 0.25) is 11.6 Å². The first-order chi connectivity index (χ1) is 11.6. The Morgan fingerprint density at radius 2 is 2.12 bits per heavy atom. The average molecular weight is 333 g/mol. The van der Waals surface area contributed by atoms with Crippen LogP contribution in [0.15, 0.2) is 30.6 Å². The number of halogens is 1. The Balaban J connectivity index is 1.85. The summed E-state index contributed by atoms with van der Waals surface area (Å²) in [6.45, 7) is 2.26. The molecule has 1 saturated heterocycles. The molecule has 1 aromatic heterocycles. The van der Waals surface area contributed by atoms with Crippen LogP contribution >= 0.6 is 0 Å². The van der Waals surface area contributed by atoms with E-state index in [1.54, 1.807) is 17.0 Å². The van der Waals surface area contributed by atoms with E-state index < -0.39 is 4.92 Å². The van der Waals surface area contributed by atoms with Crippen molar-refractivity contribution in [2.24, 2.45) is 0 Å². The zero-order valence-corrected chi connectivity index (χ0v) is 12.8. The molecule has 0 amide bonds. The van der Waals surface area contributed by atoms with Gasteiger partial charge in [-0.2, -0.15) is 0 Å². The predicted octanol–water partition coefficient (Wildman–Crippen LogP) is 1.97. The Labute approximate surface area is 137 Å². The molecule has 0 spiro atoms. The molecule has 0 radical (unpaired) electrons. The van der Waals surface area contributed by atoms with Gasteiger partial charge in [0.25, 0.3) is 0 Å². The summed E-state index contributed by atoms with van der Waals surface area (Å²) in [6, 6.07) is 6.02. The smallest absolute Gasteiger partial charge is 0.353 e. The number of rotatable bonds is 5. The molecule has 8 nitrogen and oxygen atoms in total. The maximum Gasteiger partial charge on any atom is 0.353 e. The third-order valence-electron chi connectivity index (χ3n) is 3.65. The van der Waals surface area contributed by atoms with Gasteiger partial charge in [-0.3, -0.25) is 10.1 Å². The molecule has 0 atom stereocenters. The number of nitrogens with zero attached hydrogens (tertiary/aromatic N) is 4. The quantitative estimate of drug-likeness (QED) is 0.660. The predicted molar refractivity (Wildman–Crippen MR) is 85.4 cm³/mol. The molecular weight excluding hydrogens is 317 g/mol. The van der Waals surface area contributed by atoms with Gasteiger partial charge >= 0.3 is 5.69 Å². The molecule has 24 heavy (non-hydrogen) atoms. The standard InChI is InChI=1S/C15H16FN5O3/c16-12-3-1-2-11(8-12)9-17-14-13(21(22)23)15(19-10-18-14)20-4-6-24-7-5-20/h1-3,8,10H,4-7,9H2,(H,17,18,19). The third-order valence-corrected chi connectivity index (χ3v) is 3.65. The minimum Gasteiger partial charge on any atom is -0.378 e. The first-order valence-corrected chi connectivity index (χ1v) is 7.45. The van der Waals surface area contributed by atoms with Crippen molar-refractivity contribution >= 4 is 17.3 Å². The second-order valence-corrected chi connectivity index (χ2v) is 5.23. The lowest BCUT2D eigenvalue weighted by atomic mass is 10.2. The summed E-state index contributed by atoms with van der Waals surface area (Å²) in [7, 11) is 0. The van der Waals surface area contributed by atoms with Crippen LogP contribution in [0.2, 0.25) is 0 Å². The van der Waals surface area contributed by atoms with Crippen molar-refractivity contribution in [2.75, 3.05) is 36.5 Å². The first kappa shape index (κ1) is 16.1. The van der Waals surface area contributed by atoms with E-state index in [0.29, 0.717) is 31.9 Å². The second-order valence-electron chi connectivity index (χ2n) is 5.23. The zero-order chi connectivity index (χ0) is 16.9. The molecule has 0 saturated carbocycles. The molecule has 9 heteroatoms. The molecule has 1 aliphatic rings.